The van der Waals surface area contributed by atoms with Gasteiger partial charge in [0.15, 0.2) is 11.6 Å². The van der Waals surface area contributed by atoms with Gasteiger partial charge in [0, 0.05) is 11.8 Å². The van der Waals surface area contributed by atoms with Gasteiger partial charge in [0.1, 0.15) is 0 Å². The van der Waals surface area contributed by atoms with E-state index in [0.717, 1.165) is 18.5 Å². The highest BCUT2D eigenvalue weighted by Gasteiger charge is 2.07. The van der Waals surface area contributed by atoms with Crippen LogP contribution < -0.4 is 4.74 Å². The predicted octanol–water partition coefficient (Wildman–Crippen LogP) is 5.97. The maximum absolute atomic E-state index is 13.8. The molecule has 0 saturated carbocycles. The van der Waals surface area contributed by atoms with Gasteiger partial charge in [0.05, 0.1) is 24.7 Å². The van der Waals surface area contributed by atoms with Gasteiger partial charge in [-0.1, -0.05) is 51.9 Å². The van der Waals surface area contributed by atoms with Crippen molar-refractivity contribution in [1.29, 1.82) is 0 Å². The molecule has 2 rings (SSSR count). The number of aryl methyl sites for hydroxylation is 1. The fourth-order valence-electron chi connectivity index (χ4n) is 2.90. The first-order valence-electron chi connectivity index (χ1n) is 9.39. The van der Waals surface area contributed by atoms with Gasteiger partial charge in [-0.3, -0.25) is 9.97 Å². The van der Waals surface area contributed by atoms with Crippen LogP contribution in [0.3, 0.4) is 0 Å². The Hall–Kier alpha value is -1.97. The van der Waals surface area contributed by atoms with E-state index in [-0.39, 0.29) is 11.6 Å². The number of unbranched alkanes of at least 4 members (excludes halogenated alkanes) is 7. The van der Waals surface area contributed by atoms with Crippen LogP contribution in [-0.4, -0.2) is 17.1 Å². The predicted molar refractivity (Wildman–Crippen MR) is 100 cm³/mol. The first-order valence-corrected chi connectivity index (χ1v) is 9.39. The van der Waals surface area contributed by atoms with Gasteiger partial charge in [-0.25, -0.2) is 4.39 Å². The summed E-state index contributed by atoms with van der Waals surface area (Å²) in [5.41, 5.74) is 2.40. The van der Waals surface area contributed by atoms with E-state index < -0.39 is 0 Å². The Balaban J connectivity index is 1.75. The molecule has 4 heteroatoms. The van der Waals surface area contributed by atoms with E-state index in [2.05, 4.69) is 16.9 Å². The molecule has 0 N–H and O–H groups in total. The summed E-state index contributed by atoms with van der Waals surface area (Å²) in [5.74, 6) is -0.146. The molecule has 0 unspecified atom stereocenters. The zero-order valence-corrected chi connectivity index (χ0v) is 15.4. The molecule has 25 heavy (non-hydrogen) atoms. The number of rotatable bonds is 11. The second-order valence-corrected chi connectivity index (χ2v) is 6.47. The number of hydrogen-bond donors (Lipinski definition) is 0. The number of hydrogen-bond acceptors (Lipinski definition) is 3. The van der Waals surface area contributed by atoms with Crippen molar-refractivity contribution in [3.8, 4) is 17.0 Å². The van der Waals surface area contributed by atoms with E-state index in [0.29, 0.717) is 11.3 Å². The molecule has 1 heterocycles. The molecule has 0 radical (unpaired) electrons. The third-order valence-electron chi connectivity index (χ3n) is 4.44. The third-order valence-corrected chi connectivity index (χ3v) is 4.44. The van der Waals surface area contributed by atoms with Gasteiger partial charge in [0.25, 0.3) is 0 Å². The Bertz CT molecular complexity index is 628. The van der Waals surface area contributed by atoms with Crippen LogP contribution in [0.4, 0.5) is 4.39 Å². The fourth-order valence-corrected chi connectivity index (χ4v) is 2.90. The van der Waals surface area contributed by atoms with E-state index in [9.17, 15) is 4.39 Å². The molecule has 0 bridgehead atoms. The summed E-state index contributed by atoms with van der Waals surface area (Å²) >= 11 is 0. The summed E-state index contributed by atoms with van der Waals surface area (Å²) in [4.78, 5) is 8.89. The van der Waals surface area contributed by atoms with Crippen molar-refractivity contribution < 1.29 is 9.13 Å². The lowest BCUT2D eigenvalue weighted by Crippen LogP contribution is -1.95. The molecule has 136 valence electrons. The molecule has 0 atom stereocenters. The van der Waals surface area contributed by atoms with Crippen LogP contribution in [0, 0.1) is 5.82 Å². The van der Waals surface area contributed by atoms with Crippen molar-refractivity contribution in [3.63, 3.8) is 0 Å². The lowest BCUT2D eigenvalue weighted by molar-refractivity contribution is 0.386. The van der Waals surface area contributed by atoms with Crippen LogP contribution >= 0.6 is 0 Å². The fraction of sp³-hybridized carbons (Fsp3) is 0.524. The van der Waals surface area contributed by atoms with E-state index in [1.54, 1.807) is 24.5 Å². The first kappa shape index (κ1) is 19.4. The number of methoxy groups -OCH3 is 1. The Morgan fingerprint density at radius 3 is 2.24 bits per heavy atom. The summed E-state index contributed by atoms with van der Waals surface area (Å²) in [6.07, 6.45) is 14.9. The SMILES string of the molecule is CCCCCCCCCCc1cnc(-c2ccc(OC)c(F)c2)cn1. The van der Waals surface area contributed by atoms with Crippen LogP contribution in [0.2, 0.25) is 0 Å². The van der Waals surface area contributed by atoms with Gasteiger partial charge >= 0.3 is 0 Å². The number of aromatic nitrogens is 2. The van der Waals surface area contributed by atoms with Gasteiger partial charge in [-0.15, -0.1) is 0 Å². The summed E-state index contributed by atoms with van der Waals surface area (Å²) in [6.45, 7) is 2.25. The zero-order chi connectivity index (χ0) is 17.9. The average Bonchev–Trinajstić information content (AvgIpc) is 2.64. The van der Waals surface area contributed by atoms with Crippen molar-refractivity contribution in [2.45, 2.75) is 64.7 Å². The minimum Gasteiger partial charge on any atom is -0.494 e. The largest absolute Gasteiger partial charge is 0.494 e. The maximum Gasteiger partial charge on any atom is 0.165 e. The van der Waals surface area contributed by atoms with Gasteiger partial charge in [0.2, 0.25) is 0 Å². The lowest BCUT2D eigenvalue weighted by atomic mass is 10.1. The van der Waals surface area contributed by atoms with Crippen molar-refractivity contribution in [3.05, 3.63) is 42.1 Å². The molecule has 0 aliphatic carbocycles. The smallest absolute Gasteiger partial charge is 0.165 e. The Labute approximate surface area is 150 Å². The van der Waals surface area contributed by atoms with Gasteiger partial charge < -0.3 is 4.74 Å². The normalized spacial score (nSPS) is 10.8. The average molecular weight is 344 g/mol. The monoisotopic (exact) mass is 344 g/mol. The second kappa shape index (κ2) is 10.8. The molecule has 3 nitrogen and oxygen atoms in total. The molecular formula is C21H29FN2O. The highest BCUT2D eigenvalue weighted by molar-refractivity contribution is 5.59. The molecule has 2 aromatic rings. The lowest BCUT2D eigenvalue weighted by Gasteiger charge is -2.06. The molecule has 1 aromatic heterocycles. The maximum atomic E-state index is 13.8. The summed E-state index contributed by atoms with van der Waals surface area (Å²) < 4.78 is 18.7. The molecule has 0 amide bonds. The van der Waals surface area contributed by atoms with Crippen molar-refractivity contribution in [1.82, 2.24) is 9.97 Å². The molecule has 0 saturated heterocycles. The number of halogens is 1. The van der Waals surface area contributed by atoms with Crippen molar-refractivity contribution in [2.24, 2.45) is 0 Å². The second-order valence-electron chi connectivity index (χ2n) is 6.47. The molecule has 1 aromatic carbocycles. The quantitative estimate of drug-likeness (QED) is 0.471. The standard InChI is InChI=1S/C21H29FN2O/c1-3-4-5-6-7-8-9-10-11-18-15-24-20(16-23-18)17-12-13-21(25-2)19(22)14-17/h12-16H,3-11H2,1-2H3. The van der Waals surface area contributed by atoms with Crippen LogP contribution in [0.5, 0.6) is 5.75 Å². The summed E-state index contributed by atoms with van der Waals surface area (Å²) in [5, 5.41) is 0. The minimum absolute atomic E-state index is 0.239. The van der Waals surface area contributed by atoms with E-state index in [1.807, 2.05) is 0 Å². The molecule has 0 aliphatic rings. The Kier molecular flexibility index (Phi) is 8.36. The topological polar surface area (TPSA) is 35.0 Å². The van der Waals surface area contributed by atoms with Gasteiger partial charge in [-0.05, 0) is 31.0 Å². The van der Waals surface area contributed by atoms with E-state index in [1.165, 1.54) is 58.1 Å². The molecule has 0 aliphatic heterocycles. The summed E-state index contributed by atoms with van der Waals surface area (Å²) in [6, 6.07) is 4.84. The van der Waals surface area contributed by atoms with Gasteiger partial charge in [-0.2, -0.15) is 0 Å². The van der Waals surface area contributed by atoms with Crippen LogP contribution in [0.1, 0.15) is 64.0 Å². The van der Waals surface area contributed by atoms with Crippen LogP contribution in [-0.2, 0) is 6.42 Å². The minimum atomic E-state index is -0.384. The van der Waals surface area contributed by atoms with E-state index >= 15 is 0 Å². The first-order chi connectivity index (χ1) is 12.2. The van der Waals surface area contributed by atoms with Crippen molar-refractivity contribution >= 4 is 0 Å². The van der Waals surface area contributed by atoms with Crippen LogP contribution in [0.15, 0.2) is 30.6 Å². The third kappa shape index (κ3) is 6.45. The number of benzene rings is 1. The van der Waals surface area contributed by atoms with Crippen molar-refractivity contribution in [2.75, 3.05) is 7.11 Å². The number of ether oxygens (including phenoxy) is 1. The highest BCUT2D eigenvalue weighted by atomic mass is 19.1. The summed E-state index contributed by atoms with van der Waals surface area (Å²) in [7, 11) is 1.46. The zero-order valence-electron chi connectivity index (χ0n) is 15.4. The number of nitrogens with zero attached hydrogens (tertiary/aromatic N) is 2. The van der Waals surface area contributed by atoms with E-state index in [4.69, 9.17) is 4.74 Å². The van der Waals surface area contributed by atoms with Crippen LogP contribution in [0.25, 0.3) is 11.3 Å². The molecule has 0 spiro atoms. The Morgan fingerprint density at radius 1 is 0.920 bits per heavy atom. The Morgan fingerprint density at radius 2 is 1.64 bits per heavy atom. The highest BCUT2D eigenvalue weighted by Crippen LogP contribution is 2.23. The molecular weight excluding hydrogens is 315 g/mol. The molecule has 0 fully saturated rings.